The van der Waals surface area contributed by atoms with Crippen molar-refractivity contribution in [3.63, 3.8) is 0 Å². The van der Waals surface area contributed by atoms with Gasteiger partial charge in [0.1, 0.15) is 0 Å². The van der Waals surface area contributed by atoms with Crippen molar-refractivity contribution in [2.45, 2.75) is 17.7 Å². The zero-order valence-electron chi connectivity index (χ0n) is 18.2. The van der Waals surface area contributed by atoms with Gasteiger partial charge in [-0.05, 0) is 30.3 Å². The fourth-order valence-electron chi connectivity index (χ4n) is 2.92. The third kappa shape index (κ3) is 8.43. The zero-order chi connectivity index (χ0) is 26.2. The van der Waals surface area contributed by atoms with Crippen LogP contribution in [0, 0.1) is 0 Å². The van der Waals surface area contributed by atoms with E-state index in [4.69, 9.17) is 14.6 Å². The van der Waals surface area contributed by atoms with Crippen molar-refractivity contribution in [2.24, 2.45) is 0 Å². The quantitative estimate of drug-likeness (QED) is 0.471. The van der Waals surface area contributed by atoms with Gasteiger partial charge >= 0.3 is 18.8 Å². The van der Waals surface area contributed by atoms with Gasteiger partial charge in [-0.15, -0.1) is 0 Å². The molecule has 2 aromatic rings. The maximum Gasteiger partial charge on any atom is 0.490 e. The van der Waals surface area contributed by atoms with Crippen molar-refractivity contribution in [2.75, 3.05) is 42.9 Å². The SMILES string of the molecule is COc1ccc(S(=O)(=O)Nc2cccc(N3CCNCC3)c2)cc1OC(F)F.O=C(O)C(F)(F)F. The van der Waals surface area contributed by atoms with Gasteiger partial charge < -0.3 is 24.8 Å². The lowest BCUT2D eigenvalue weighted by Crippen LogP contribution is -2.43. The molecule has 0 radical (unpaired) electrons. The summed E-state index contributed by atoms with van der Waals surface area (Å²) in [7, 11) is -2.73. The number of methoxy groups -OCH3 is 1. The number of alkyl halides is 5. The minimum absolute atomic E-state index is 0.0138. The summed E-state index contributed by atoms with van der Waals surface area (Å²) in [5, 5.41) is 10.4. The van der Waals surface area contributed by atoms with Gasteiger partial charge in [0.15, 0.2) is 11.5 Å². The molecule has 0 aromatic heterocycles. The van der Waals surface area contributed by atoms with Gasteiger partial charge in [0.05, 0.1) is 17.7 Å². The van der Waals surface area contributed by atoms with Crippen LogP contribution in [0.4, 0.5) is 33.3 Å². The number of piperazine rings is 1. The predicted octanol–water partition coefficient (Wildman–Crippen LogP) is 3.14. The van der Waals surface area contributed by atoms with Crippen molar-refractivity contribution >= 4 is 27.4 Å². The Balaban J connectivity index is 0.000000540. The van der Waals surface area contributed by atoms with E-state index in [0.717, 1.165) is 37.9 Å². The van der Waals surface area contributed by atoms with Crippen LogP contribution in [0.2, 0.25) is 0 Å². The molecule has 1 fully saturated rings. The van der Waals surface area contributed by atoms with E-state index in [1.54, 1.807) is 18.2 Å². The fraction of sp³-hybridized carbons (Fsp3) is 0.350. The number of sulfonamides is 1. The summed E-state index contributed by atoms with van der Waals surface area (Å²) in [5.41, 5.74) is 1.28. The molecule has 0 saturated carbocycles. The van der Waals surface area contributed by atoms with Gasteiger partial charge in [0, 0.05) is 37.9 Å². The van der Waals surface area contributed by atoms with Crippen LogP contribution in [-0.2, 0) is 14.8 Å². The Morgan fingerprint density at radius 1 is 1.11 bits per heavy atom. The maximum atomic E-state index is 12.7. The number of nitrogens with zero attached hydrogens (tertiary/aromatic N) is 1. The molecule has 1 aliphatic rings. The Bertz CT molecular complexity index is 1110. The molecule has 0 atom stereocenters. The van der Waals surface area contributed by atoms with E-state index in [2.05, 4.69) is 19.7 Å². The second-order valence-corrected chi connectivity index (χ2v) is 8.57. The number of hydrogen-bond donors (Lipinski definition) is 3. The lowest BCUT2D eigenvalue weighted by molar-refractivity contribution is -0.192. The van der Waals surface area contributed by atoms with Crippen LogP contribution in [0.3, 0.4) is 0 Å². The summed E-state index contributed by atoms with van der Waals surface area (Å²) < 4.78 is 94.1. The lowest BCUT2D eigenvalue weighted by Gasteiger charge is -2.29. The highest BCUT2D eigenvalue weighted by Crippen LogP contribution is 2.32. The molecule has 194 valence electrons. The second kappa shape index (κ2) is 11.9. The number of carboxylic acid groups (broad SMARTS) is 1. The smallest absolute Gasteiger partial charge is 0.490 e. The Morgan fingerprint density at radius 2 is 1.74 bits per heavy atom. The van der Waals surface area contributed by atoms with Gasteiger partial charge in [-0.25, -0.2) is 13.2 Å². The van der Waals surface area contributed by atoms with Crippen molar-refractivity contribution in [3.05, 3.63) is 42.5 Å². The molecule has 0 aliphatic carbocycles. The third-order valence-electron chi connectivity index (χ3n) is 4.48. The first kappa shape index (κ1) is 27.9. The molecule has 3 rings (SSSR count). The van der Waals surface area contributed by atoms with Gasteiger partial charge in [0.2, 0.25) is 0 Å². The Morgan fingerprint density at radius 3 is 2.29 bits per heavy atom. The largest absolute Gasteiger partial charge is 0.493 e. The molecule has 9 nitrogen and oxygen atoms in total. The van der Waals surface area contributed by atoms with Crippen LogP contribution < -0.4 is 24.4 Å². The highest BCUT2D eigenvalue weighted by Gasteiger charge is 2.38. The molecule has 1 saturated heterocycles. The summed E-state index contributed by atoms with van der Waals surface area (Å²) in [6, 6.07) is 10.6. The van der Waals surface area contributed by atoms with Crippen molar-refractivity contribution in [1.82, 2.24) is 5.32 Å². The number of carboxylic acids is 1. The van der Waals surface area contributed by atoms with Gasteiger partial charge in [0.25, 0.3) is 10.0 Å². The Hall–Kier alpha value is -3.33. The van der Waals surface area contributed by atoms with Crippen molar-refractivity contribution < 1.29 is 49.7 Å². The van der Waals surface area contributed by atoms with Crippen LogP contribution in [-0.4, -0.2) is 65.6 Å². The maximum absolute atomic E-state index is 12.7. The van der Waals surface area contributed by atoms with E-state index in [-0.39, 0.29) is 16.4 Å². The number of ether oxygens (including phenoxy) is 2. The standard InChI is InChI=1S/C18H21F2N3O4S.C2HF3O2/c1-26-16-6-5-15(12-17(16)27-18(19)20)28(24,25)22-13-3-2-4-14(11-13)23-9-7-21-8-10-23;3-2(4,5)1(6)7/h2-6,11-12,18,21-22H,7-10H2,1H3;(H,6,7). The molecule has 3 N–H and O–H groups in total. The van der Waals surface area contributed by atoms with Crippen LogP contribution in [0.15, 0.2) is 47.4 Å². The zero-order valence-corrected chi connectivity index (χ0v) is 19.0. The first-order valence-electron chi connectivity index (χ1n) is 9.85. The molecule has 0 bridgehead atoms. The highest BCUT2D eigenvalue weighted by atomic mass is 32.2. The highest BCUT2D eigenvalue weighted by molar-refractivity contribution is 7.92. The molecular weight excluding hydrogens is 505 g/mol. The molecule has 2 aromatic carbocycles. The van der Waals surface area contributed by atoms with E-state index in [1.807, 2.05) is 6.07 Å². The van der Waals surface area contributed by atoms with Crippen LogP contribution in [0.5, 0.6) is 11.5 Å². The number of carbonyl (C=O) groups is 1. The van der Waals surface area contributed by atoms with Crippen LogP contribution >= 0.6 is 0 Å². The van der Waals surface area contributed by atoms with Gasteiger partial charge in [-0.3, -0.25) is 4.72 Å². The summed E-state index contributed by atoms with van der Waals surface area (Å²) in [6.07, 6.45) is -5.08. The van der Waals surface area contributed by atoms with Gasteiger partial charge in [-0.1, -0.05) is 6.07 Å². The van der Waals surface area contributed by atoms with Crippen LogP contribution in [0.1, 0.15) is 0 Å². The van der Waals surface area contributed by atoms with E-state index in [9.17, 15) is 30.4 Å². The number of benzene rings is 2. The molecular formula is C20H22F5N3O6S. The van der Waals surface area contributed by atoms with E-state index in [0.29, 0.717) is 5.69 Å². The molecule has 1 heterocycles. The number of aliphatic carboxylic acids is 1. The minimum Gasteiger partial charge on any atom is -0.493 e. The number of nitrogens with one attached hydrogen (secondary N) is 2. The summed E-state index contributed by atoms with van der Waals surface area (Å²) in [5.74, 6) is -3.10. The van der Waals surface area contributed by atoms with Crippen molar-refractivity contribution in [3.8, 4) is 11.5 Å². The summed E-state index contributed by atoms with van der Waals surface area (Å²) in [4.78, 5) is 10.8. The summed E-state index contributed by atoms with van der Waals surface area (Å²) >= 11 is 0. The fourth-order valence-corrected chi connectivity index (χ4v) is 3.98. The van der Waals surface area contributed by atoms with E-state index < -0.39 is 28.8 Å². The minimum atomic E-state index is -5.08. The monoisotopic (exact) mass is 527 g/mol. The molecule has 1 aliphatic heterocycles. The lowest BCUT2D eigenvalue weighted by atomic mass is 10.2. The molecule has 0 spiro atoms. The van der Waals surface area contributed by atoms with E-state index >= 15 is 0 Å². The average molecular weight is 527 g/mol. The normalized spacial score (nSPS) is 14.1. The first-order chi connectivity index (χ1) is 16.3. The second-order valence-electron chi connectivity index (χ2n) is 6.89. The molecule has 0 unspecified atom stereocenters. The number of hydrogen-bond acceptors (Lipinski definition) is 7. The Labute approximate surface area is 197 Å². The number of anilines is 2. The summed E-state index contributed by atoms with van der Waals surface area (Å²) in [6.45, 7) is 0.255. The van der Waals surface area contributed by atoms with Gasteiger partial charge in [-0.2, -0.15) is 22.0 Å². The molecule has 35 heavy (non-hydrogen) atoms. The van der Waals surface area contributed by atoms with Crippen molar-refractivity contribution in [1.29, 1.82) is 0 Å². The molecule has 0 amide bonds. The predicted molar refractivity (Wildman–Crippen MR) is 116 cm³/mol. The number of rotatable bonds is 7. The first-order valence-corrected chi connectivity index (χ1v) is 11.3. The van der Waals surface area contributed by atoms with Crippen LogP contribution in [0.25, 0.3) is 0 Å². The third-order valence-corrected chi connectivity index (χ3v) is 5.86. The topological polar surface area (TPSA) is 117 Å². The van der Waals surface area contributed by atoms with E-state index in [1.165, 1.54) is 19.2 Å². The number of halogens is 5. The average Bonchev–Trinajstić information content (AvgIpc) is 2.79. The molecule has 15 heteroatoms. The Kier molecular flexibility index (Phi) is 9.47.